The normalized spacial score (nSPS) is 14.4. The van der Waals surface area contributed by atoms with Crippen molar-refractivity contribution in [2.24, 2.45) is 0 Å². The summed E-state index contributed by atoms with van der Waals surface area (Å²) in [6.07, 6.45) is -1.54. The lowest BCUT2D eigenvalue weighted by Crippen LogP contribution is -2.12. The van der Waals surface area contributed by atoms with E-state index in [-0.39, 0.29) is 19.1 Å². The minimum atomic E-state index is -4.05. The number of unbranched alkanes of at least 4 members (excludes halogenated alkanes) is 1. The molecule has 0 saturated carbocycles. The number of hydrogen-bond donors (Lipinski definition) is 0. The van der Waals surface area contributed by atoms with Crippen LogP contribution in [0.4, 0.5) is 13.2 Å². The Bertz CT molecular complexity index is 134. The third-order valence-corrected chi connectivity index (χ3v) is 1.97. The van der Waals surface area contributed by atoms with Gasteiger partial charge in [-0.25, -0.2) is 0 Å². The number of rotatable bonds is 7. The SMILES string of the molecule is CCCCC(C)OCCCC(F)(F)F. The summed E-state index contributed by atoms with van der Waals surface area (Å²) in [5, 5.41) is 0. The standard InChI is InChI=1S/C10H19F3O/c1-3-4-6-9(2)14-8-5-7-10(11,12)13/h9H,3-8H2,1-2H3. The van der Waals surface area contributed by atoms with Crippen LogP contribution >= 0.6 is 0 Å². The highest BCUT2D eigenvalue weighted by molar-refractivity contribution is 4.53. The second-order valence-corrected chi connectivity index (χ2v) is 3.54. The molecule has 0 aromatic heterocycles. The van der Waals surface area contributed by atoms with E-state index in [1.165, 1.54) is 0 Å². The fourth-order valence-electron chi connectivity index (χ4n) is 1.13. The second kappa shape index (κ2) is 7.10. The van der Waals surface area contributed by atoms with Crippen LogP contribution < -0.4 is 0 Å². The monoisotopic (exact) mass is 212 g/mol. The molecule has 14 heavy (non-hydrogen) atoms. The van der Waals surface area contributed by atoms with Crippen molar-refractivity contribution < 1.29 is 17.9 Å². The molecule has 86 valence electrons. The van der Waals surface area contributed by atoms with Crippen molar-refractivity contribution in [3.63, 3.8) is 0 Å². The molecule has 1 unspecified atom stereocenters. The summed E-state index contributed by atoms with van der Waals surface area (Å²) >= 11 is 0. The molecule has 0 saturated heterocycles. The predicted molar refractivity (Wildman–Crippen MR) is 50.2 cm³/mol. The Morgan fingerprint density at radius 2 is 1.86 bits per heavy atom. The van der Waals surface area contributed by atoms with Gasteiger partial charge in [0.15, 0.2) is 0 Å². The molecule has 0 radical (unpaired) electrons. The van der Waals surface area contributed by atoms with E-state index in [4.69, 9.17) is 4.74 Å². The first-order chi connectivity index (χ1) is 6.45. The predicted octanol–water partition coefficient (Wildman–Crippen LogP) is 3.92. The summed E-state index contributed by atoms with van der Waals surface area (Å²) < 4.78 is 40.4. The number of ether oxygens (including phenoxy) is 1. The van der Waals surface area contributed by atoms with E-state index < -0.39 is 12.6 Å². The van der Waals surface area contributed by atoms with Gasteiger partial charge in [0, 0.05) is 13.0 Å². The van der Waals surface area contributed by atoms with Crippen molar-refractivity contribution in [2.75, 3.05) is 6.61 Å². The molecule has 0 amide bonds. The molecule has 1 atom stereocenters. The maximum Gasteiger partial charge on any atom is 0.389 e. The molecule has 0 N–H and O–H groups in total. The molecule has 0 aliphatic carbocycles. The van der Waals surface area contributed by atoms with E-state index >= 15 is 0 Å². The summed E-state index contributed by atoms with van der Waals surface area (Å²) in [6, 6.07) is 0. The second-order valence-electron chi connectivity index (χ2n) is 3.54. The summed E-state index contributed by atoms with van der Waals surface area (Å²) in [5.41, 5.74) is 0. The molecular formula is C10H19F3O. The summed E-state index contributed by atoms with van der Waals surface area (Å²) in [5.74, 6) is 0. The molecule has 0 heterocycles. The third-order valence-electron chi connectivity index (χ3n) is 1.97. The molecule has 4 heteroatoms. The van der Waals surface area contributed by atoms with Crippen molar-refractivity contribution in [1.82, 2.24) is 0 Å². The van der Waals surface area contributed by atoms with Crippen LogP contribution in [0.15, 0.2) is 0 Å². The summed E-state index contributed by atoms with van der Waals surface area (Å²) in [4.78, 5) is 0. The first kappa shape index (κ1) is 13.8. The van der Waals surface area contributed by atoms with Crippen molar-refractivity contribution in [3.8, 4) is 0 Å². The lowest BCUT2D eigenvalue weighted by Gasteiger charge is -2.12. The Morgan fingerprint density at radius 3 is 2.36 bits per heavy atom. The van der Waals surface area contributed by atoms with Gasteiger partial charge in [0.05, 0.1) is 6.10 Å². The zero-order valence-electron chi connectivity index (χ0n) is 8.86. The van der Waals surface area contributed by atoms with Crippen LogP contribution in [0.2, 0.25) is 0 Å². The van der Waals surface area contributed by atoms with Gasteiger partial charge < -0.3 is 4.74 Å². The summed E-state index contributed by atoms with van der Waals surface area (Å²) in [7, 11) is 0. The van der Waals surface area contributed by atoms with Crippen molar-refractivity contribution >= 4 is 0 Å². The van der Waals surface area contributed by atoms with Gasteiger partial charge in [-0.05, 0) is 19.8 Å². The molecule has 0 aliphatic heterocycles. The minimum absolute atomic E-state index is 0.0694. The molecule has 0 spiro atoms. The molecule has 0 rings (SSSR count). The molecule has 1 nitrogen and oxygen atoms in total. The van der Waals surface area contributed by atoms with Crippen LogP contribution in [0.3, 0.4) is 0 Å². The molecule has 0 aromatic carbocycles. The van der Waals surface area contributed by atoms with Crippen LogP contribution in [0, 0.1) is 0 Å². The van der Waals surface area contributed by atoms with E-state index in [0.717, 1.165) is 19.3 Å². The van der Waals surface area contributed by atoms with E-state index in [1.54, 1.807) is 0 Å². The van der Waals surface area contributed by atoms with Crippen LogP contribution in [0.25, 0.3) is 0 Å². The quantitative estimate of drug-likeness (QED) is 0.581. The Balaban J connectivity index is 3.27. The third kappa shape index (κ3) is 9.84. The highest BCUT2D eigenvalue weighted by Crippen LogP contribution is 2.21. The highest BCUT2D eigenvalue weighted by atomic mass is 19.4. The lowest BCUT2D eigenvalue weighted by atomic mass is 10.2. The minimum Gasteiger partial charge on any atom is -0.379 e. The van der Waals surface area contributed by atoms with Crippen LogP contribution in [0.1, 0.15) is 46.0 Å². The van der Waals surface area contributed by atoms with Crippen molar-refractivity contribution in [2.45, 2.75) is 58.2 Å². The van der Waals surface area contributed by atoms with Gasteiger partial charge in [0.1, 0.15) is 0 Å². The van der Waals surface area contributed by atoms with Gasteiger partial charge in [0.25, 0.3) is 0 Å². The van der Waals surface area contributed by atoms with Gasteiger partial charge in [-0.2, -0.15) is 13.2 Å². The molecular weight excluding hydrogens is 193 g/mol. The maximum atomic E-state index is 11.7. The molecule has 0 bridgehead atoms. The van der Waals surface area contributed by atoms with Crippen LogP contribution in [0.5, 0.6) is 0 Å². The lowest BCUT2D eigenvalue weighted by molar-refractivity contribution is -0.138. The number of alkyl halides is 3. The Kier molecular flexibility index (Phi) is 6.97. The van der Waals surface area contributed by atoms with Crippen molar-refractivity contribution in [1.29, 1.82) is 0 Å². The zero-order valence-corrected chi connectivity index (χ0v) is 8.86. The average Bonchev–Trinajstić information content (AvgIpc) is 2.07. The largest absolute Gasteiger partial charge is 0.389 e. The number of halogens is 3. The van der Waals surface area contributed by atoms with Gasteiger partial charge in [-0.15, -0.1) is 0 Å². The summed E-state index contributed by atoms with van der Waals surface area (Å²) in [6.45, 7) is 4.20. The van der Waals surface area contributed by atoms with Gasteiger partial charge >= 0.3 is 6.18 Å². The topological polar surface area (TPSA) is 9.23 Å². The average molecular weight is 212 g/mol. The van der Waals surface area contributed by atoms with Crippen LogP contribution in [-0.2, 0) is 4.74 Å². The maximum absolute atomic E-state index is 11.7. The van der Waals surface area contributed by atoms with E-state index in [1.807, 2.05) is 6.92 Å². The molecule has 0 aromatic rings. The van der Waals surface area contributed by atoms with E-state index in [0.29, 0.717) is 0 Å². The number of hydrogen-bond acceptors (Lipinski definition) is 1. The fraction of sp³-hybridized carbons (Fsp3) is 1.00. The first-order valence-electron chi connectivity index (χ1n) is 5.14. The molecule has 0 fully saturated rings. The van der Waals surface area contributed by atoms with Gasteiger partial charge in [-0.3, -0.25) is 0 Å². The highest BCUT2D eigenvalue weighted by Gasteiger charge is 2.25. The first-order valence-corrected chi connectivity index (χ1v) is 5.14. The van der Waals surface area contributed by atoms with E-state index in [9.17, 15) is 13.2 Å². The fourth-order valence-corrected chi connectivity index (χ4v) is 1.13. The Morgan fingerprint density at radius 1 is 1.21 bits per heavy atom. The van der Waals surface area contributed by atoms with Crippen LogP contribution in [-0.4, -0.2) is 18.9 Å². The Hall–Kier alpha value is -0.250. The molecule has 0 aliphatic rings. The van der Waals surface area contributed by atoms with Gasteiger partial charge in [-0.1, -0.05) is 19.8 Å². The smallest absolute Gasteiger partial charge is 0.379 e. The van der Waals surface area contributed by atoms with Gasteiger partial charge in [0.2, 0.25) is 0 Å². The van der Waals surface area contributed by atoms with E-state index in [2.05, 4.69) is 6.92 Å². The Labute approximate surface area is 83.6 Å². The zero-order chi connectivity index (χ0) is 11.0. The van der Waals surface area contributed by atoms with Crippen molar-refractivity contribution in [3.05, 3.63) is 0 Å².